The number of hydrogen-bond donors (Lipinski definition) is 1. The predicted octanol–water partition coefficient (Wildman–Crippen LogP) is 1.54. The third kappa shape index (κ3) is 2.86. The molecule has 0 unspecified atom stereocenters. The van der Waals surface area contributed by atoms with Crippen molar-refractivity contribution in [3.63, 3.8) is 0 Å². The molecule has 0 radical (unpaired) electrons. The highest BCUT2D eigenvalue weighted by molar-refractivity contribution is 5.73. The van der Waals surface area contributed by atoms with Crippen LogP contribution in [0.25, 0.3) is 0 Å². The molecule has 0 aromatic carbocycles. The third-order valence-corrected chi connectivity index (χ3v) is 2.46. The fourth-order valence-electron chi connectivity index (χ4n) is 1.58. The molecule has 4 heteroatoms. The van der Waals surface area contributed by atoms with Gasteiger partial charge in [0.25, 0.3) is 0 Å². The maximum atomic E-state index is 13.7. The van der Waals surface area contributed by atoms with Crippen molar-refractivity contribution in [1.82, 2.24) is 10.2 Å². The largest absolute Gasteiger partial charge is 0.335 e. The van der Waals surface area contributed by atoms with E-state index >= 15 is 0 Å². The van der Waals surface area contributed by atoms with E-state index in [-0.39, 0.29) is 12.6 Å². The molecule has 1 saturated carbocycles. The van der Waals surface area contributed by atoms with Crippen LogP contribution in [-0.2, 0) is 0 Å². The molecular formula is C9H17FN2O. The third-order valence-electron chi connectivity index (χ3n) is 2.46. The zero-order valence-corrected chi connectivity index (χ0v) is 8.27. The van der Waals surface area contributed by atoms with Crippen LogP contribution in [0.2, 0.25) is 0 Å². The van der Waals surface area contributed by atoms with E-state index in [2.05, 4.69) is 5.32 Å². The van der Waals surface area contributed by atoms with Crippen molar-refractivity contribution in [3.05, 3.63) is 0 Å². The van der Waals surface area contributed by atoms with Gasteiger partial charge in [0.15, 0.2) is 0 Å². The summed E-state index contributed by atoms with van der Waals surface area (Å²) in [5.74, 6) is 0. The number of carbonyl (C=O) groups is 1. The van der Waals surface area contributed by atoms with Gasteiger partial charge in [0.05, 0.1) is 6.54 Å². The van der Waals surface area contributed by atoms with Crippen molar-refractivity contribution in [2.45, 2.75) is 31.4 Å². The van der Waals surface area contributed by atoms with Gasteiger partial charge in [0.2, 0.25) is 0 Å². The molecule has 1 N–H and O–H groups in total. The Labute approximate surface area is 78.3 Å². The highest BCUT2D eigenvalue weighted by Crippen LogP contribution is 2.32. The van der Waals surface area contributed by atoms with Gasteiger partial charge < -0.3 is 10.2 Å². The Balaban J connectivity index is 2.29. The smallest absolute Gasteiger partial charge is 0.316 e. The summed E-state index contributed by atoms with van der Waals surface area (Å²) in [6, 6.07) is -0.219. The normalized spacial score (nSPS) is 19.9. The van der Waals surface area contributed by atoms with Gasteiger partial charge in [-0.05, 0) is 12.8 Å². The number of nitrogens with zero attached hydrogens (tertiary/aromatic N) is 1. The van der Waals surface area contributed by atoms with Gasteiger partial charge in [0.1, 0.15) is 5.67 Å². The van der Waals surface area contributed by atoms with E-state index in [0.717, 1.165) is 12.8 Å². The van der Waals surface area contributed by atoms with Crippen molar-refractivity contribution >= 4 is 6.03 Å². The van der Waals surface area contributed by atoms with Gasteiger partial charge in [-0.25, -0.2) is 9.18 Å². The first-order valence-corrected chi connectivity index (χ1v) is 4.68. The number of alkyl halides is 1. The van der Waals surface area contributed by atoms with Gasteiger partial charge in [-0.1, -0.05) is 12.8 Å². The first kappa shape index (κ1) is 10.3. The fourth-order valence-corrected chi connectivity index (χ4v) is 1.58. The number of nitrogens with one attached hydrogen (secondary N) is 1. The van der Waals surface area contributed by atoms with E-state index < -0.39 is 5.67 Å². The summed E-state index contributed by atoms with van der Waals surface area (Å²) < 4.78 is 13.7. The summed E-state index contributed by atoms with van der Waals surface area (Å²) in [4.78, 5) is 12.5. The van der Waals surface area contributed by atoms with E-state index in [1.54, 1.807) is 14.1 Å². The number of urea groups is 1. The van der Waals surface area contributed by atoms with Gasteiger partial charge >= 0.3 is 6.03 Å². The lowest BCUT2D eigenvalue weighted by Gasteiger charge is -2.21. The van der Waals surface area contributed by atoms with Gasteiger partial charge in [-0.2, -0.15) is 0 Å². The minimum atomic E-state index is -1.15. The zero-order valence-electron chi connectivity index (χ0n) is 8.27. The fraction of sp³-hybridized carbons (Fsp3) is 0.889. The maximum absolute atomic E-state index is 13.7. The van der Waals surface area contributed by atoms with Gasteiger partial charge in [0, 0.05) is 14.1 Å². The lowest BCUT2D eigenvalue weighted by atomic mass is 10.1. The zero-order chi connectivity index (χ0) is 9.90. The predicted molar refractivity (Wildman–Crippen MR) is 49.4 cm³/mol. The molecule has 1 aliphatic rings. The second-order valence-electron chi connectivity index (χ2n) is 3.91. The average molecular weight is 188 g/mol. The van der Waals surface area contributed by atoms with Crippen LogP contribution in [0.15, 0.2) is 0 Å². The molecule has 0 atom stereocenters. The molecule has 0 aromatic heterocycles. The first-order valence-electron chi connectivity index (χ1n) is 4.68. The maximum Gasteiger partial charge on any atom is 0.316 e. The van der Waals surface area contributed by atoms with E-state index in [0.29, 0.717) is 12.8 Å². The minimum absolute atomic E-state index is 0.157. The molecule has 76 valence electrons. The Morgan fingerprint density at radius 3 is 2.46 bits per heavy atom. The summed E-state index contributed by atoms with van der Waals surface area (Å²) in [6.45, 7) is 0.157. The van der Waals surface area contributed by atoms with Crippen LogP contribution in [0.1, 0.15) is 25.7 Å². The molecule has 0 saturated heterocycles. The SMILES string of the molecule is CN(C)C(=O)NCC1(F)CCCC1. The lowest BCUT2D eigenvalue weighted by molar-refractivity contribution is 0.161. The van der Waals surface area contributed by atoms with Crippen LogP contribution in [0, 0.1) is 0 Å². The summed E-state index contributed by atoms with van der Waals surface area (Å²) in [6.07, 6.45) is 3.05. The number of rotatable bonds is 2. The number of hydrogen-bond acceptors (Lipinski definition) is 1. The molecule has 2 amide bonds. The van der Waals surface area contributed by atoms with Crippen LogP contribution in [-0.4, -0.2) is 37.2 Å². The van der Waals surface area contributed by atoms with Crippen LogP contribution < -0.4 is 5.32 Å². The van der Waals surface area contributed by atoms with Gasteiger partial charge in [-0.3, -0.25) is 0 Å². The van der Waals surface area contributed by atoms with Crippen LogP contribution in [0.4, 0.5) is 9.18 Å². The standard InChI is InChI=1S/C9H17FN2O/c1-12(2)8(13)11-7-9(10)5-3-4-6-9/h3-7H2,1-2H3,(H,11,13). The van der Waals surface area contributed by atoms with Crippen LogP contribution >= 0.6 is 0 Å². The molecule has 0 bridgehead atoms. The summed E-state index contributed by atoms with van der Waals surface area (Å²) in [5.41, 5.74) is -1.15. The Morgan fingerprint density at radius 2 is 2.00 bits per heavy atom. The second-order valence-corrected chi connectivity index (χ2v) is 3.91. The molecule has 13 heavy (non-hydrogen) atoms. The van der Waals surface area contributed by atoms with Crippen molar-refractivity contribution in [2.75, 3.05) is 20.6 Å². The highest BCUT2D eigenvalue weighted by atomic mass is 19.1. The summed E-state index contributed by atoms with van der Waals surface area (Å²) >= 11 is 0. The number of carbonyl (C=O) groups excluding carboxylic acids is 1. The molecule has 3 nitrogen and oxygen atoms in total. The Bertz CT molecular complexity index is 188. The van der Waals surface area contributed by atoms with Crippen molar-refractivity contribution < 1.29 is 9.18 Å². The monoisotopic (exact) mass is 188 g/mol. The second kappa shape index (κ2) is 3.94. The highest BCUT2D eigenvalue weighted by Gasteiger charge is 2.33. The van der Waals surface area contributed by atoms with E-state index in [9.17, 15) is 9.18 Å². The summed E-state index contributed by atoms with van der Waals surface area (Å²) in [5, 5.41) is 2.58. The molecule has 0 aromatic rings. The molecular weight excluding hydrogens is 171 g/mol. The van der Waals surface area contributed by atoms with E-state index in [4.69, 9.17) is 0 Å². The lowest BCUT2D eigenvalue weighted by Crippen LogP contribution is -2.42. The molecule has 1 rings (SSSR count). The van der Waals surface area contributed by atoms with E-state index in [1.165, 1.54) is 4.90 Å². The molecule has 1 fully saturated rings. The van der Waals surface area contributed by atoms with Crippen LogP contribution in [0.3, 0.4) is 0 Å². The molecule has 0 aliphatic heterocycles. The van der Waals surface area contributed by atoms with Gasteiger partial charge in [-0.15, -0.1) is 0 Å². The van der Waals surface area contributed by atoms with Crippen LogP contribution in [0.5, 0.6) is 0 Å². The number of amides is 2. The first-order chi connectivity index (χ1) is 6.03. The average Bonchev–Trinajstić information content (AvgIpc) is 2.48. The van der Waals surface area contributed by atoms with Crippen molar-refractivity contribution in [1.29, 1.82) is 0 Å². The molecule has 1 aliphatic carbocycles. The van der Waals surface area contributed by atoms with E-state index in [1.807, 2.05) is 0 Å². The molecule has 0 spiro atoms. The Kier molecular flexibility index (Phi) is 3.12. The summed E-state index contributed by atoms with van der Waals surface area (Å²) in [7, 11) is 3.30. The van der Waals surface area contributed by atoms with Crippen molar-refractivity contribution in [3.8, 4) is 0 Å². The molecule has 0 heterocycles. The Hall–Kier alpha value is -0.800. The number of halogens is 1. The van der Waals surface area contributed by atoms with Crippen molar-refractivity contribution in [2.24, 2.45) is 0 Å². The topological polar surface area (TPSA) is 32.3 Å². The quantitative estimate of drug-likeness (QED) is 0.700. The Morgan fingerprint density at radius 1 is 1.46 bits per heavy atom. The minimum Gasteiger partial charge on any atom is -0.335 e.